The van der Waals surface area contributed by atoms with Gasteiger partial charge in [0.1, 0.15) is 16.9 Å². The Bertz CT molecular complexity index is 4760. The van der Waals surface area contributed by atoms with E-state index in [-0.39, 0.29) is 0 Å². The fourth-order valence-electron chi connectivity index (χ4n) is 10.7. The summed E-state index contributed by atoms with van der Waals surface area (Å²) in [6.45, 7) is 8.29. The second-order valence-electron chi connectivity index (χ2n) is 20.3. The Morgan fingerprint density at radius 3 is 1.27 bits per heavy atom. The molecule has 0 fully saturated rings. The van der Waals surface area contributed by atoms with Crippen molar-refractivity contribution in [1.82, 2.24) is 58.1 Å². The van der Waals surface area contributed by atoms with Gasteiger partial charge in [-0.05, 0) is 173 Å². The Labute approximate surface area is 456 Å². The molecule has 0 aliphatic heterocycles. The predicted octanol–water partition coefficient (Wildman–Crippen LogP) is 13.9. The largest absolute Gasteiger partial charge is 0.306 e. The standard InChI is InChI=1S/C23H20N4.2C22H18N4/c1-15-7-10-22-21(24-15)12-9-18(25-22)8-11-20-16(2)27-14-13-17-5-3-4-6-19(17)23(27)26-20;1-15-19(10-8-17-9-11-20-21(24-17)7-4-13-23-20)25-22-18-6-3-2-5-16(18)12-14-26(15)22;1-15-6-10-21-20(23-15)11-9-17(24-21)7-8-18-14-26-13-12-16-4-2-3-5-19(16)22(26)25-18/h3-7,9-10,12-14H,8,11H2,1-2H3;2-7,9,11-14H,8,10H2,1H3;2-6,9-14H,7-8H2,1H3. The lowest BCUT2D eigenvalue weighted by molar-refractivity contribution is 0.884. The summed E-state index contributed by atoms with van der Waals surface area (Å²) < 4.78 is 6.49. The van der Waals surface area contributed by atoms with E-state index in [1.807, 2.05) is 56.3 Å². The third-order valence-corrected chi connectivity index (χ3v) is 15.0. The van der Waals surface area contributed by atoms with E-state index in [1.54, 1.807) is 6.20 Å². The highest BCUT2D eigenvalue weighted by molar-refractivity contribution is 5.96. The van der Waals surface area contributed by atoms with Crippen LogP contribution in [0.5, 0.6) is 0 Å². The molecule has 15 rings (SSSR count). The summed E-state index contributed by atoms with van der Waals surface area (Å²) in [7, 11) is 0. The summed E-state index contributed by atoms with van der Waals surface area (Å²) in [5.74, 6) is 0. The molecule has 0 spiro atoms. The van der Waals surface area contributed by atoms with Crippen LogP contribution in [-0.2, 0) is 38.5 Å². The third kappa shape index (κ3) is 9.96. The van der Waals surface area contributed by atoms with E-state index in [0.717, 1.165) is 134 Å². The van der Waals surface area contributed by atoms with Gasteiger partial charge in [-0.1, -0.05) is 72.8 Å². The summed E-state index contributed by atoms with van der Waals surface area (Å²) in [4.78, 5) is 42.4. The van der Waals surface area contributed by atoms with Crippen LogP contribution in [0.3, 0.4) is 0 Å². The van der Waals surface area contributed by atoms with Crippen LogP contribution in [-0.4, -0.2) is 58.1 Å². The third-order valence-electron chi connectivity index (χ3n) is 15.0. The topological polar surface area (TPSA) is 129 Å². The summed E-state index contributed by atoms with van der Waals surface area (Å²) in [5, 5.41) is 7.24. The number of hydrogen-bond donors (Lipinski definition) is 0. The lowest BCUT2D eigenvalue weighted by Crippen LogP contribution is -1.98. The van der Waals surface area contributed by atoms with Crippen molar-refractivity contribution in [1.29, 1.82) is 0 Å². The molecular formula is C67H56N12. The maximum absolute atomic E-state index is 4.95. The Kier molecular flexibility index (Phi) is 12.9. The molecule has 12 heterocycles. The second kappa shape index (κ2) is 21.0. The molecule has 12 aromatic heterocycles. The normalized spacial score (nSPS) is 11.6. The molecule has 0 atom stereocenters. The fourth-order valence-corrected chi connectivity index (χ4v) is 10.7. The number of hydrogen-bond acceptors (Lipinski definition) is 9. The first-order valence-corrected chi connectivity index (χ1v) is 27.0. The lowest BCUT2D eigenvalue weighted by atomic mass is 10.1. The predicted molar refractivity (Wildman–Crippen MR) is 318 cm³/mol. The fraction of sp³-hybridized carbons (Fsp3) is 0.149. The second-order valence-corrected chi connectivity index (χ2v) is 20.3. The molecule has 79 heavy (non-hydrogen) atoms. The molecule has 0 saturated heterocycles. The minimum atomic E-state index is 0.867. The van der Waals surface area contributed by atoms with E-state index in [4.69, 9.17) is 29.9 Å². The number of fused-ring (bicyclic) bond motifs is 12. The average molecular weight is 1030 g/mol. The number of pyridine rings is 9. The zero-order chi connectivity index (χ0) is 53.4. The molecule has 12 nitrogen and oxygen atoms in total. The molecule has 0 unspecified atom stereocenters. The molecule has 3 aromatic carbocycles. The molecule has 15 aromatic rings. The summed E-state index contributed by atoms with van der Waals surface area (Å²) in [6, 6.07) is 56.0. The van der Waals surface area contributed by atoms with E-state index < -0.39 is 0 Å². The Hall–Kier alpha value is -9.81. The molecule has 0 amide bonds. The molecule has 0 aliphatic carbocycles. The van der Waals surface area contributed by atoms with Crippen LogP contribution in [0.4, 0.5) is 0 Å². The number of benzene rings is 3. The van der Waals surface area contributed by atoms with Crippen LogP contribution < -0.4 is 0 Å². The van der Waals surface area contributed by atoms with Crippen LogP contribution in [0.15, 0.2) is 195 Å². The number of rotatable bonds is 9. The van der Waals surface area contributed by atoms with Gasteiger partial charge >= 0.3 is 0 Å². The van der Waals surface area contributed by atoms with Gasteiger partial charge < -0.3 is 13.2 Å². The Morgan fingerprint density at radius 2 is 0.734 bits per heavy atom. The first-order valence-electron chi connectivity index (χ1n) is 27.0. The number of nitrogens with zero attached hydrogens (tertiary/aromatic N) is 12. The van der Waals surface area contributed by atoms with E-state index in [0.29, 0.717) is 0 Å². The van der Waals surface area contributed by atoms with Crippen LogP contribution in [0.1, 0.15) is 56.9 Å². The number of aromatic nitrogens is 12. The van der Waals surface area contributed by atoms with E-state index in [2.05, 4.69) is 188 Å². The van der Waals surface area contributed by atoms with Crippen molar-refractivity contribution < 1.29 is 0 Å². The van der Waals surface area contributed by atoms with Gasteiger partial charge in [0.2, 0.25) is 0 Å². The first kappa shape index (κ1) is 48.8. The molecule has 0 radical (unpaired) electrons. The van der Waals surface area contributed by atoms with Crippen molar-refractivity contribution in [2.75, 3.05) is 0 Å². The minimum absolute atomic E-state index is 0.867. The van der Waals surface area contributed by atoms with E-state index in [9.17, 15) is 0 Å². The maximum Gasteiger partial charge on any atom is 0.145 e. The van der Waals surface area contributed by atoms with Gasteiger partial charge in [0.25, 0.3) is 0 Å². The smallest absolute Gasteiger partial charge is 0.145 e. The van der Waals surface area contributed by atoms with Crippen LogP contribution in [0, 0.1) is 27.7 Å². The molecule has 0 N–H and O–H groups in total. The molecule has 12 heteroatoms. The van der Waals surface area contributed by atoms with Crippen molar-refractivity contribution in [3.8, 4) is 0 Å². The summed E-state index contributed by atoms with van der Waals surface area (Å²) >= 11 is 0. The molecule has 384 valence electrons. The van der Waals surface area contributed by atoms with Gasteiger partial charge in [-0.15, -0.1) is 0 Å². The van der Waals surface area contributed by atoms with Crippen molar-refractivity contribution in [2.24, 2.45) is 0 Å². The van der Waals surface area contributed by atoms with Crippen molar-refractivity contribution in [2.45, 2.75) is 66.2 Å². The highest BCUT2D eigenvalue weighted by atomic mass is 15.0. The monoisotopic (exact) mass is 1030 g/mol. The van der Waals surface area contributed by atoms with Gasteiger partial charge in [-0.25, -0.2) is 15.0 Å². The van der Waals surface area contributed by atoms with Gasteiger partial charge in [-0.3, -0.25) is 29.9 Å². The van der Waals surface area contributed by atoms with Crippen molar-refractivity contribution in [3.63, 3.8) is 0 Å². The van der Waals surface area contributed by atoms with Crippen LogP contribution in [0.2, 0.25) is 0 Å². The molecule has 0 saturated carbocycles. The summed E-state index contributed by atoms with van der Waals surface area (Å²) in [6.07, 6.45) is 15.5. The zero-order valence-electron chi connectivity index (χ0n) is 44.6. The van der Waals surface area contributed by atoms with Gasteiger partial charge in [0.05, 0.1) is 50.2 Å². The average Bonchev–Trinajstić information content (AvgIpc) is 4.29. The minimum Gasteiger partial charge on any atom is -0.306 e. The first-order chi connectivity index (χ1) is 38.7. The quantitative estimate of drug-likeness (QED) is 0.139. The van der Waals surface area contributed by atoms with E-state index >= 15 is 0 Å². The maximum atomic E-state index is 4.95. The highest BCUT2D eigenvalue weighted by Crippen LogP contribution is 2.26. The highest BCUT2D eigenvalue weighted by Gasteiger charge is 2.14. The molecular weight excluding hydrogens is 973 g/mol. The SMILES string of the molecule is Cc1c(CCc2ccc3ncccc3n2)nc2c3ccccc3ccn12.Cc1ccc2nc(CCc3cn4ccc5ccccc5c4n3)ccc2n1.Cc1ccc2nc(CCc3nc4c5ccccc5ccn4c3C)ccc2n1. The number of aryl methyl sites for hydroxylation is 10. The van der Waals surface area contributed by atoms with E-state index in [1.165, 1.54) is 43.7 Å². The number of imidazole rings is 3. The van der Waals surface area contributed by atoms with Crippen molar-refractivity contribution in [3.05, 3.63) is 252 Å². The van der Waals surface area contributed by atoms with Gasteiger partial charge in [0.15, 0.2) is 0 Å². The van der Waals surface area contributed by atoms with Crippen LogP contribution >= 0.6 is 0 Å². The Morgan fingerprint density at radius 1 is 0.316 bits per heavy atom. The molecule has 0 bridgehead atoms. The zero-order valence-corrected chi connectivity index (χ0v) is 44.6. The molecule has 0 aliphatic rings. The lowest BCUT2D eigenvalue weighted by Gasteiger charge is -2.03. The summed E-state index contributed by atoms with van der Waals surface area (Å²) in [5.41, 5.74) is 19.8. The van der Waals surface area contributed by atoms with Crippen LogP contribution in [0.25, 0.3) is 82.4 Å². The van der Waals surface area contributed by atoms with Crippen molar-refractivity contribution >= 4 is 82.4 Å². The van der Waals surface area contributed by atoms with Gasteiger partial charge in [-0.2, -0.15) is 0 Å². The Balaban J connectivity index is 0.000000112. The van der Waals surface area contributed by atoms with Gasteiger partial charge in [0, 0.05) is 87.0 Å².